The van der Waals surface area contributed by atoms with Gasteiger partial charge in [0.25, 0.3) is 5.91 Å². The SMILES string of the molecule is COc1ccc2[nH]c(C(=O)N3CCc4oc(C(C)(C)C)nc4C3)cc2c1. The number of hydrogen-bond donors (Lipinski definition) is 1. The third-order valence-corrected chi connectivity index (χ3v) is 4.71. The predicted octanol–water partition coefficient (Wildman–Crippen LogP) is 3.66. The lowest BCUT2D eigenvalue weighted by atomic mass is 9.97. The van der Waals surface area contributed by atoms with Gasteiger partial charge in [-0.2, -0.15) is 0 Å². The molecule has 0 spiro atoms. The summed E-state index contributed by atoms with van der Waals surface area (Å²) in [6.07, 6.45) is 0.693. The van der Waals surface area contributed by atoms with Gasteiger partial charge in [0.1, 0.15) is 22.9 Å². The molecule has 4 rings (SSSR count). The molecule has 1 aromatic carbocycles. The molecule has 1 aliphatic rings. The standard InChI is InChI=1S/C20H23N3O3/c1-20(2,3)19-22-16-11-23(8-7-17(16)26-19)18(24)15-10-12-9-13(25-4)5-6-14(12)21-15/h5-6,9-10,21H,7-8,11H2,1-4H3. The van der Waals surface area contributed by atoms with Gasteiger partial charge < -0.3 is 19.0 Å². The Morgan fingerprint density at radius 3 is 2.85 bits per heavy atom. The number of oxazole rings is 1. The molecule has 0 fully saturated rings. The van der Waals surface area contributed by atoms with Crippen molar-refractivity contribution in [1.82, 2.24) is 14.9 Å². The van der Waals surface area contributed by atoms with Gasteiger partial charge in [-0.05, 0) is 24.3 Å². The van der Waals surface area contributed by atoms with E-state index in [1.165, 1.54) is 0 Å². The van der Waals surface area contributed by atoms with Crippen LogP contribution in [-0.2, 0) is 18.4 Å². The maximum absolute atomic E-state index is 12.9. The second kappa shape index (κ2) is 5.90. The molecule has 0 bridgehead atoms. The van der Waals surface area contributed by atoms with Crippen LogP contribution < -0.4 is 4.74 Å². The Morgan fingerprint density at radius 1 is 1.31 bits per heavy atom. The zero-order chi connectivity index (χ0) is 18.5. The number of nitrogens with one attached hydrogen (secondary N) is 1. The Balaban J connectivity index is 1.58. The quantitative estimate of drug-likeness (QED) is 0.763. The lowest BCUT2D eigenvalue weighted by Gasteiger charge is -2.24. The van der Waals surface area contributed by atoms with Crippen molar-refractivity contribution in [3.8, 4) is 5.75 Å². The summed E-state index contributed by atoms with van der Waals surface area (Å²) in [5, 5.41) is 0.960. The molecule has 0 unspecified atom stereocenters. The molecule has 6 heteroatoms. The van der Waals surface area contributed by atoms with Gasteiger partial charge in [-0.15, -0.1) is 0 Å². The molecule has 1 amide bonds. The molecule has 26 heavy (non-hydrogen) atoms. The Hall–Kier alpha value is -2.76. The number of fused-ring (bicyclic) bond motifs is 2. The highest BCUT2D eigenvalue weighted by molar-refractivity contribution is 5.98. The van der Waals surface area contributed by atoms with Crippen molar-refractivity contribution in [3.05, 3.63) is 47.3 Å². The third-order valence-electron chi connectivity index (χ3n) is 4.71. The Morgan fingerprint density at radius 2 is 2.12 bits per heavy atom. The van der Waals surface area contributed by atoms with E-state index in [-0.39, 0.29) is 11.3 Å². The molecular weight excluding hydrogens is 330 g/mol. The molecule has 1 aliphatic heterocycles. The van der Waals surface area contributed by atoms with E-state index >= 15 is 0 Å². The van der Waals surface area contributed by atoms with Gasteiger partial charge in [0.05, 0.1) is 13.7 Å². The van der Waals surface area contributed by atoms with Crippen molar-refractivity contribution >= 4 is 16.8 Å². The van der Waals surface area contributed by atoms with Crippen LogP contribution in [0.5, 0.6) is 5.75 Å². The number of ether oxygens (including phenoxy) is 1. The fourth-order valence-electron chi connectivity index (χ4n) is 3.22. The van der Waals surface area contributed by atoms with Gasteiger partial charge in [-0.25, -0.2) is 4.98 Å². The van der Waals surface area contributed by atoms with E-state index in [1.54, 1.807) is 7.11 Å². The topological polar surface area (TPSA) is 71.4 Å². The second-order valence-corrected chi connectivity index (χ2v) is 7.75. The summed E-state index contributed by atoms with van der Waals surface area (Å²) in [6.45, 7) is 7.33. The van der Waals surface area contributed by atoms with E-state index in [9.17, 15) is 4.79 Å². The van der Waals surface area contributed by atoms with E-state index in [1.807, 2.05) is 29.2 Å². The molecule has 0 radical (unpaired) electrons. The summed E-state index contributed by atoms with van der Waals surface area (Å²) >= 11 is 0. The predicted molar refractivity (Wildman–Crippen MR) is 98.5 cm³/mol. The molecular formula is C20H23N3O3. The molecule has 0 atom stereocenters. The number of aromatic nitrogens is 2. The minimum absolute atomic E-state index is 0.0221. The second-order valence-electron chi connectivity index (χ2n) is 7.75. The van der Waals surface area contributed by atoms with Crippen molar-refractivity contribution in [1.29, 1.82) is 0 Å². The van der Waals surface area contributed by atoms with Crippen molar-refractivity contribution < 1.29 is 13.9 Å². The minimum Gasteiger partial charge on any atom is -0.497 e. The van der Waals surface area contributed by atoms with Crippen LogP contribution in [0.3, 0.4) is 0 Å². The highest BCUT2D eigenvalue weighted by atomic mass is 16.5. The molecule has 0 saturated heterocycles. The number of methoxy groups -OCH3 is 1. The summed E-state index contributed by atoms with van der Waals surface area (Å²) in [5.74, 6) is 2.39. The average molecular weight is 353 g/mol. The first kappa shape index (κ1) is 16.7. The number of carbonyl (C=O) groups is 1. The molecule has 3 aromatic rings. The van der Waals surface area contributed by atoms with Gasteiger partial charge in [0, 0.05) is 29.3 Å². The van der Waals surface area contributed by atoms with Crippen LogP contribution in [0, 0.1) is 0 Å². The van der Waals surface area contributed by atoms with Gasteiger partial charge in [0.15, 0.2) is 5.89 Å². The maximum Gasteiger partial charge on any atom is 0.270 e. The van der Waals surface area contributed by atoms with Crippen molar-refractivity contribution in [2.75, 3.05) is 13.7 Å². The number of hydrogen-bond acceptors (Lipinski definition) is 4. The number of carbonyl (C=O) groups excluding carboxylic acids is 1. The Bertz CT molecular complexity index is 978. The molecule has 0 aliphatic carbocycles. The van der Waals surface area contributed by atoms with Crippen molar-refractivity contribution in [2.45, 2.75) is 39.2 Å². The number of aromatic amines is 1. The van der Waals surface area contributed by atoms with Crippen LogP contribution >= 0.6 is 0 Å². The average Bonchev–Trinajstić information content (AvgIpc) is 3.23. The van der Waals surface area contributed by atoms with Crippen LogP contribution in [0.15, 0.2) is 28.7 Å². The van der Waals surface area contributed by atoms with E-state index in [0.29, 0.717) is 25.2 Å². The highest BCUT2D eigenvalue weighted by Gasteiger charge is 2.30. The van der Waals surface area contributed by atoms with Crippen LogP contribution in [0.25, 0.3) is 10.9 Å². The molecule has 2 aromatic heterocycles. The lowest BCUT2D eigenvalue weighted by Crippen LogP contribution is -2.36. The lowest BCUT2D eigenvalue weighted by molar-refractivity contribution is 0.0722. The highest BCUT2D eigenvalue weighted by Crippen LogP contribution is 2.28. The summed E-state index contributed by atoms with van der Waals surface area (Å²) in [4.78, 5) is 22.6. The number of benzene rings is 1. The Labute approximate surface area is 152 Å². The molecule has 1 N–H and O–H groups in total. The van der Waals surface area contributed by atoms with Gasteiger partial charge >= 0.3 is 0 Å². The minimum atomic E-state index is -0.136. The zero-order valence-corrected chi connectivity index (χ0v) is 15.5. The zero-order valence-electron chi connectivity index (χ0n) is 15.5. The smallest absolute Gasteiger partial charge is 0.270 e. The number of rotatable bonds is 2. The molecule has 3 heterocycles. The maximum atomic E-state index is 12.9. The molecule has 6 nitrogen and oxygen atoms in total. The summed E-state index contributed by atoms with van der Waals surface area (Å²) in [5.41, 5.74) is 2.23. The van der Waals surface area contributed by atoms with E-state index in [4.69, 9.17) is 9.15 Å². The number of H-pyrrole nitrogens is 1. The first-order valence-electron chi connectivity index (χ1n) is 8.80. The Kier molecular flexibility index (Phi) is 3.79. The van der Waals surface area contributed by atoms with E-state index in [0.717, 1.165) is 34.0 Å². The number of amides is 1. The largest absolute Gasteiger partial charge is 0.497 e. The normalized spacial score (nSPS) is 14.5. The van der Waals surface area contributed by atoms with Crippen LogP contribution in [0.2, 0.25) is 0 Å². The fourth-order valence-corrected chi connectivity index (χ4v) is 3.22. The molecule has 0 saturated carbocycles. The van der Waals surface area contributed by atoms with Gasteiger partial charge in [0.2, 0.25) is 0 Å². The first-order chi connectivity index (χ1) is 12.3. The summed E-state index contributed by atoms with van der Waals surface area (Å²) in [7, 11) is 1.63. The van der Waals surface area contributed by atoms with Gasteiger partial charge in [-0.3, -0.25) is 4.79 Å². The summed E-state index contributed by atoms with van der Waals surface area (Å²) in [6, 6.07) is 7.60. The fraction of sp³-hybridized carbons (Fsp3) is 0.400. The van der Waals surface area contributed by atoms with Crippen LogP contribution in [0.4, 0.5) is 0 Å². The van der Waals surface area contributed by atoms with Crippen molar-refractivity contribution in [3.63, 3.8) is 0 Å². The van der Waals surface area contributed by atoms with Gasteiger partial charge in [-0.1, -0.05) is 20.8 Å². The van der Waals surface area contributed by atoms with E-state index < -0.39 is 0 Å². The first-order valence-corrected chi connectivity index (χ1v) is 8.80. The number of nitrogens with zero attached hydrogens (tertiary/aromatic N) is 2. The van der Waals surface area contributed by atoms with Crippen LogP contribution in [0.1, 0.15) is 48.6 Å². The third kappa shape index (κ3) is 2.85. The van der Waals surface area contributed by atoms with Crippen LogP contribution in [-0.4, -0.2) is 34.4 Å². The monoisotopic (exact) mass is 353 g/mol. The molecule has 136 valence electrons. The van der Waals surface area contributed by atoms with E-state index in [2.05, 4.69) is 30.7 Å². The summed E-state index contributed by atoms with van der Waals surface area (Å²) < 4.78 is 11.2. The van der Waals surface area contributed by atoms with Crippen molar-refractivity contribution in [2.24, 2.45) is 0 Å².